The predicted molar refractivity (Wildman–Crippen MR) is 101 cm³/mol. The van der Waals surface area contributed by atoms with Crippen LogP contribution in [0.15, 0.2) is 29.8 Å². The molecule has 0 fully saturated rings. The van der Waals surface area contributed by atoms with E-state index in [1.807, 2.05) is 0 Å². The van der Waals surface area contributed by atoms with Crippen LogP contribution in [-0.4, -0.2) is 47.9 Å². The van der Waals surface area contributed by atoms with Crippen LogP contribution >= 0.6 is 0 Å². The molecule has 0 radical (unpaired) electrons. The molecule has 0 heterocycles. The number of methoxy groups -OCH3 is 2. The maximum absolute atomic E-state index is 12.3. The third-order valence-electron chi connectivity index (χ3n) is 4.24. The van der Waals surface area contributed by atoms with Crippen LogP contribution in [0.25, 0.3) is 0 Å². The Balaban J connectivity index is 2.12. The van der Waals surface area contributed by atoms with Crippen molar-refractivity contribution in [2.45, 2.75) is 25.7 Å². The van der Waals surface area contributed by atoms with Gasteiger partial charge in [0, 0.05) is 12.6 Å². The lowest BCUT2D eigenvalue weighted by Crippen LogP contribution is -2.41. The highest BCUT2D eigenvalue weighted by Crippen LogP contribution is 2.32. The van der Waals surface area contributed by atoms with Crippen molar-refractivity contribution in [3.63, 3.8) is 0 Å². The summed E-state index contributed by atoms with van der Waals surface area (Å²) >= 11 is 0. The second-order valence-electron chi connectivity index (χ2n) is 6.19. The van der Waals surface area contributed by atoms with Crippen molar-refractivity contribution in [3.05, 3.63) is 29.8 Å². The van der Waals surface area contributed by atoms with Gasteiger partial charge in [0.15, 0.2) is 11.5 Å². The van der Waals surface area contributed by atoms with E-state index in [9.17, 15) is 13.2 Å². The maximum Gasteiger partial charge on any atom is 0.241 e. The molecule has 26 heavy (non-hydrogen) atoms. The molecule has 0 atom stereocenters. The molecule has 1 aromatic rings. The molecule has 0 aliphatic heterocycles. The number of carbonyl (C=O) groups is 1. The van der Waals surface area contributed by atoms with E-state index in [4.69, 9.17) is 9.47 Å². The summed E-state index contributed by atoms with van der Waals surface area (Å²) in [5, 5.41) is 2.81. The smallest absolute Gasteiger partial charge is 0.241 e. The van der Waals surface area contributed by atoms with E-state index in [0.717, 1.165) is 29.8 Å². The molecule has 2 rings (SSSR count). The number of hydrogen-bond acceptors (Lipinski definition) is 5. The molecule has 0 aromatic heterocycles. The Kier molecular flexibility index (Phi) is 6.90. The van der Waals surface area contributed by atoms with E-state index < -0.39 is 10.0 Å². The number of sulfonamides is 1. The van der Waals surface area contributed by atoms with Crippen LogP contribution < -0.4 is 19.1 Å². The molecule has 1 aliphatic carbocycles. The Bertz CT molecular complexity index is 774. The highest BCUT2D eigenvalue weighted by atomic mass is 32.2. The average Bonchev–Trinajstić information content (AvgIpc) is 2.63. The predicted octanol–water partition coefficient (Wildman–Crippen LogP) is 2.09. The van der Waals surface area contributed by atoms with Crippen LogP contribution in [0, 0.1) is 0 Å². The molecule has 8 heteroatoms. The van der Waals surface area contributed by atoms with Gasteiger partial charge in [-0.15, -0.1) is 0 Å². The molecular weight excluding hydrogens is 356 g/mol. The molecule has 0 saturated carbocycles. The lowest BCUT2D eigenvalue weighted by molar-refractivity contribution is -0.119. The quantitative estimate of drug-likeness (QED) is 0.696. The fourth-order valence-electron chi connectivity index (χ4n) is 2.84. The van der Waals surface area contributed by atoms with Gasteiger partial charge in [0.1, 0.15) is 6.54 Å². The van der Waals surface area contributed by atoms with Gasteiger partial charge >= 0.3 is 0 Å². The van der Waals surface area contributed by atoms with Crippen molar-refractivity contribution in [3.8, 4) is 11.5 Å². The minimum atomic E-state index is -3.64. The number of allylic oxidation sites excluding steroid dienone is 1. The Morgan fingerprint density at radius 3 is 2.50 bits per heavy atom. The topological polar surface area (TPSA) is 84.9 Å². The number of benzene rings is 1. The Morgan fingerprint density at radius 1 is 1.19 bits per heavy atom. The van der Waals surface area contributed by atoms with Gasteiger partial charge in [-0.1, -0.05) is 11.6 Å². The number of carbonyl (C=O) groups excluding carboxylic acids is 1. The minimum absolute atomic E-state index is 0.290. The number of ether oxygens (including phenoxy) is 2. The molecule has 0 spiro atoms. The van der Waals surface area contributed by atoms with Gasteiger partial charge in [0.05, 0.1) is 26.2 Å². The second-order valence-corrected chi connectivity index (χ2v) is 8.10. The molecule has 7 nitrogen and oxygen atoms in total. The Morgan fingerprint density at radius 2 is 1.92 bits per heavy atom. The monoisotopic (exact) mass is 382 g/mol. The highest BCUT2D eigenvalue weighted by molar-refractivity contribution is 7.92. The molecule has 1 amide bonds. The van der Waals surface area contributed by atoms with Crippen molar-refractivity contribution in [2.24, 2.45) is 0 Å². The van der Waals surface area contributed by atoms with Crippen LogP contribution in [-0.2, 0) is 14.8 Å². The number of rotatable bonds is 8. The van der Waals surface area contributed by atoms with Crippen LogP contribution in [0.2, 0.25) is 0 Å². The summed E-state index contributed by atoms with van der Waals surface area (Å²) in [6, 6.07) is 4.73. The SMILES string of the molecule is COc1ccc(N(CC(=O)NCC2=CCCCC2)S(C)(=O)=O)cc1OC. The van der Waals surface area contributed by atoms with Gasteiger partial charge in [0.2, 0.25) is 15.9 Å². The Hall–Kier alpha value is -2.22. The second kappa shape index (κ2) is 8.93. The summed E-state index contributed by atoms with van der Waals surface area (Å²) < 4.78 is 35.8. The molecule has 1 N–H and O–H groups in total. The zero-order chi connectivity index (χ0) is 19.2. The fourth-order valence-corrected chi connectivity index (χ4v) is 3.69. The van der Waals surface area contributed by atoms with E-state index >= 15 is 0 Å². The van der Waals surface area contributed by atoms with E-state index in [1.54, 1.807) is 12.1 Å². The summed E-state index contributed by atoms with van der Waals surface area (Å²) in [6.07, 6.45) is 7.53. The van der Waals surface area contributed by atoms with Crippen LogP contribution in [0.4, 0.5) is 5.69 Å². The van der Waals surface area contributed by atoms with Gasteiger partial charge in [0.25, 0.3) is 0 Å². The minimum Gasteiger partial charge on any atom is -0.493 e. The lowest BCUT2D eigenvalue weighted by atomic mass is 10.00. The fraction of sp³-hybridized carbons (Fsp3) is 0.500. The standard InChI is InChI=1S/C18H26N2O5S/c1-24-16-10-9-15(11-17(16)25-2)20(26(3,22)23)13-18(21)19-12-14-7-5-4-6-8-14/h7,9-11H,4-6,8,12-13H2,1-3H3,(H,19,21). The van der Waals surface area contributed by atoms with Gasteiger partial charge < -0.3 is 14.8 Å². The maximum atomic E-state index is 12.3. The van der Waals surface area contributed by atoms with Crippen molar-refractivity contribution < 1.29 is 22.7 Å². The first kappa shape index (κ1) is 20.1. The van der Waals surface area contributed by atoms with Crippen LogP contribution in [0.5, 0.6) is 11.5 Å². The summed E-state index contributed by atoms with van der Waals surface area (Å²) in [4.78, 5) is 12.3. The summed E-state index contributed by atoms with van der Waals surface area (Å²) in [5.74, 6) is 0.529. The van der Waals surface area contributed by atoms with Gasteiger partial charge in [-0.05, 0) is 37.8 Å². The number of amides is 1. The number of nitrogens with zero attached hydrogens (tertiary/aromatic N) is 1. The molecule has 144 valence electrons. The van der Waals surface area contributed by atoms with Crippen LogP contribution in [0.3, 0.4) is 0 Å². The third-order valence-corrected chi connectivity index (χ3v) is 5.38. The van der Waals surface area contributed by atoms with Gasteiger partial charge in [-0.3, -0.25) is 9.10 Å². The largest absolute Gasteiger partial charge is 0.493 e. The zero-order valence-corrected chi connectivity index (χ0v) is 16.3. The summed E-state index contributed by atoms with van der Waals surface area (Å²) in [6.45, 7) is 0.171. The van der Waals surface area contributed by atoms with Crippen molar-refractivity contribution >= 4 is 21.6 Å². The molecule has 0 saturated heterocycles. The zero-order valence-electron chi connectivity index (χ0n) is 15.4. The molecule has 0 bridgehead atoms. The lowest BCUT2D eigenvalue weighted by Gasteiger charge is -2.23. The first-order valence-electron chi connectivity index (χ1n) is 8.49. The average molecular weight is 382 g/mol. The molecule has 0 unspecified atom stereocenters. The van der Waals surface area contributed by atoms with E-state index in [2.05, 4.69) is 11.4 Å². The molecular formula is C18H26N2O5S. The van der Waals surface area contributed by atoms with Crippen molar-refractivity contribution in [1.29, 1.82) is 0 Å². The first-order chi connectivity index (χ1) is 12.3. The summed E-state index contributed by atoms with van der Waals surface area (Å²) in [7, 11) is -0.671. The van der Waals surface area contributed by atoms with Gasteiger partial charge in [-0.2, -0.15) is 0 Å². The number of hydrogen-bond donors (Lipinski definition) is 1. The highest BCUT2D eigenvalue weighted by Gasteiger charge is 2.22. The van der Waals surface area contributed by atoms with Crippen LogP contribution in [0.1, 0.15) is 25.7 Å². The molecule has 1 aromatic carbocycles. The van der Waals surface area contributed by atoms with E-state index in [1.165, 1.54) is 32.3 Å². The van der Waals surface area contributed by atoms with Gasteiger partial charge in [-0.25, -0.2) is 8.42 Å². The van der Waals surface area contributed by atoms with E-state index in [-0.39, 0.29) is 12.5 Å². The summed E-state index contributed by atoms with van der Waals surface area (Å²) in [5.41, 5.74) is 1.54. The van der Waals surface area contributed by atoms with Crippen molar-refractivity contribution in [2.75, 3.05) is 37.9 Å². The third kappa shape index (κ3) is 5.39. The molecule has 1 aliphatic rings. The number of anilines is 1. The normalized spacial score (nSPS) is 14.3. The number of nitrogens with one attached hydrogen (secondary N) is 1. The first-order valence-corrected chi connectivity index (χ1v) is 10.3. The van der Waals surface area contributed by atoms with Crippen molar-refractivity contribution in [1.82, 2.24) is 5.32 Å². The Labute approximate surface area is 155 Å². The van der Waals surface area contributed by atoms with E-state index in [0.29, 0.717) is 23.7 Å².